The van der Waals surface area contributed by atoms with E-state index in [1.54, 1.807) is 12.1 Å². The van der Waals surface area contributed by atoms with Gasteiger partial charge in [0.2, 0.25) is 0 Å². The summed E-state index contributed by atoms with van der Waals surface area (Å²) in [6.07, 6.45) is 7.95. The molecule has 1 N–H and O–H groups in total. The molecule has 0 radical (unpaired) electrons. The van der Waals surface area contributed by atoms with Crippen LogP contribution in [0.2, 0.25) is 5.02 Å². The largest absolute Gasteiger partial charge is 0.352 e. The Kier molecular flexibility index (Phi) is 6.65. The maximum absolute atomic E-state index is 12.6. The third-order valence-corrected chi connectivity index (χ3v) is 6.12. The molecular formula is C23H28ClN5O. The molecule has 1 unspecified atom stereocenters. The van der Waals surface area contributed by atoms with Crippen LogP contribution < -0.4 is 5.32 Å². The smallest absolute Gasteiger partial charge is 0.251 e. The number of benzene rings is 1. The van der Waals surface area contributed by atoms with Gasteiger partial charge in [-0.3, -0.25) is 9.20 Å². The number of fused-ring (bicyclic) bond motifs is 1. The molecule has 1 atom stereocenters. The van der Waals surface area contributed by atoms with Gasteiger partial charge in [-0.15, -0.1) is 10.2 Å². The number of carbonyl (C=O) groups is 1. The zero-order valence-corrected chi connectivity index (χ0v) is 18.1. The number of hydrogen-bond donors (Lipinski definition) is 1. The Labute approximate surface area is 182 Å². The standard InChI is InChI=1S/C23H28ClN5O/c1-2-20-9-3-4-12-28(20)13-6-11-25-23(30)18-10-14-29-21(16-18)26-27-22(29)17-7-5-8-19(24)15-17/h5,7-8,10,14-16,20H,2-4,6,9,11-13H2,1H3,(H,25,30). The van der Waals surface area contributed by atoms with E-state index in [0.717, 1.165) is 18.5 Å². The topological polar surface area (TPSA) is 62.5 Å². The number of hydrogen-bond acceptors (Lipinski definition) is 4. The summed E-state index contributed by atoms with van der Waals surface area (Å²) in [7, 11) is 0. The molecule has 0 bridgehead atoms. The van der Waals surface area contributed by atoms with Crippen molar-refractivity contribution in [3.63, 3.8) is 0 Å². The molecule has 1 aliphatic rings. The van der Waals surface area contributed by atoms with E-state index >= 15 is 0 Å². The van der Waals surface area contributed by atoms with Crippen molar-refractivity contribution < 1.29 is 4.79 Å². The molecule has 3 heterocycles. The fourth-order valence-electron chi connectivity index (χ4n) is 4.26. The van der Waals surface area contributed by atoms with Crippen LogP contribution in [0.5, 0.6) is 0 Å². The van der Waals surface area contributed by atoms with Gasteiger partial charge in [0.25, 0.3) is 5.91 Å². The van der Waals surface area contributed by atoms with E-state index in [9.17, 15) is 4.79 Å². The van der Waals surface area contributed by atoms with E-state index in [1.165, 1.54) is 32.2 Å². The minimum atomic E-state index is -0.0736. The molecule has 4 rings (SSSR count). The van der Waals surface area contributed by atoms with Crippen LogP contribution in [0, 0.1) is 0 Å². The first-order valence-corrected chi connectivity index (χ1v) is 11.2. The number of pyridine rings is 1. The molecule has 30 heavy (non-hydrogen) atoms. The zero-order chi connectivity index (χ0) is 20.9. The molecule has 1 amide bonds. The van der Waals surface area contributed by atoms with Gasteiger partial charge in [0.1, 0.15) is 0 Å². The second-order valence-electron chi connectivity index (χ2n) is 7.88. The Balaban J connectivity index is 1.36. The highest BCUT2D eigenvalue weighted by atomic mass is 35.5. The monoisotopic (exact) mass is 425 g/mol. The normalized spacial score (nSPS) is 17.3. The summed E-state index contributed by atoms with van der Waals surface area (Å²) in [5.74, 6) is 0.627. The van der Waals surface area contributed by atoms with E-state index in [0.29, 0.717) is 34.6 Å². The van der Waals surface area contributed by atoms with Crippen LogP contribution >= 0.6 is 11.6 Å². The number of rotatable bonds is 7. The van der Waals surface area contributed by atoms with Gasteiger partial charge in [0, 0.05) is 41.5 Å². The molecule has 0 aliphatic carbocycles. The van der Waals surface area contributed by atoms with Crippen LogP contribution in [-0.2, 0) is 0 Å². The summed E-state index contributed by atoms with van der Waals surface area (Å²) < 4.78 is 1.86. The van der Waals surface area contributed by atoms with Crippen molar-refractivity contribution in [3.05, 3.63) is 53.2 Å². The SMILES string of the molecule is CCC1CCCCN1CCCNC(=O)c1ccn2c(-c3cccc(Cl)c3)nnc2c1. The molecule has 0 saturated carbocycles. The quantitative estimate of drug-likeness (QED) is 0.568. The number of carbonyl (C=O) groups excluding carboxylic acids is 1. The van der Waals surface area contributed by atoms with E-state index in [2.05, 4.69) is 27.3 Å². The summed E-state index contributed by atoms with van der Waals surface area (Å²) in [4.78, 5) is 15.2. The van der Waals surface area contributed by atoms with Crippen LogP contribution in [0.4, 0.5) is 0 Å². The second-order valence-corrected chi connectivity index (χ2v) is 8.32. The summed E-state index contributed by atoms with van der Waals surface area (Å²) in [5, 5.41) is 12.2. The van der Waals surface area contributed by atoms with Gasteiger partial charge in [-0.25, -0.2) is 0 Å². The molecule has 1 fully saturated rings. The van der Waals surface area contributed by atoms with Crippen LogP contribution in [0.15, 0.2) is 42.6 Å². The number of piperidine rings is 1. The number of amides is 1. The van der Waals surface area contributed by atoms with E-state index in [4.69, 9.17) is 11.6 Å². The highest BCUT2D eigenvalue weighted by Crippen LogP contribution is 2.22. The van der Waals surface area contributed by atoms with Crippen molar-refractivity contribution in [3.8, 4) is 11.4 Å². The Morgan fingerprint density at radius 3 is 2.97 bits per heavy atom. The number of aromatic nitrogens is 3. The van der Waals surface area contributed by atoms with E-state index < -0.39 is 0 Å². The predicted molar refractivity (Wildman–Crippen MR) is 120 cm³/mol. The summed E-state index contributed by atoms with van der Waals surface area (Å²) in [5.41, 5.74) is 2.11. The zero-order valence-electron chi connectivity index (χ0n) is 17.4. The number of nitrogens with one attached hydrogen (secondary N) is 1. The van der Waals surface area contributed by atoms with Gasteiger partial charge in [-0.1, -0.05) is 37.1 Å². The number of likely N-dealkylation sites (tertiary alicyclic amines) is 1. The molecule has 6 nitrogen and oxygen atoms in total. The summed E-state index contributed by atoms with van der Waals surface area (Å²) in [6, 6.07) is 11.8. The second kappa shape index (κ2) is 9.58. The van der Waals surface area contributed by atoms with Crippen LogP contribution in [0.3, 0.4) is 0 Å². The first kappa shape index (κ1) is 20.8. The molecular weight excluding hydrogens is 398 g/mol. The lowest BCUT2D eigenvalue weighted by molar-refractivity contribution is 0.0947. The minimum absolute atomic E-state index is 0.0736. The molecule has 1 aromatic carbocycles. The van der Waals surface area contributed by atoms with Gasteiger partial charge < -0.3 is 10.2 Å². The van der Waals surface area contributed by atoms with Crippen LogP contribution in [0.25, 0.3) is 17.0 Å². The van der Waals surface area contributed by atoms with Crippen molar-refractivity contribution in [1.82, 2.24) is 24.8 Å². The van der Waals surface area contributed by atoms with E-state index in [-0.39, 0.29) is 5.91 Å². The Hall–Kier alpha value is -2.44. The first-order chi connectivity index (χ1) is 14.7. The van der Waals surface area contributed by atoms with Crippen molar-refractivity contribution in [2.45, 2.75) is 45.1 Å². The van der Waals surface area contributed by atoms with Crippen molar-refractivity contribution in [2.24, 2.45) is 0 Å². The summed E-state index contributed by atoms with van der Waals surface area (Å²) in [6.45, 7) is 5.18. The van der Waals surface area contributed by atoms with Crippen LogP contribution in [0.1, 0.15) is 49.4 Å². The number of halogens is 1. The summed E-state index contributed by atoms with van der Waals surface area (Å²) >= 11 is 6.09. The molecule has 7 heteroatoms. The average molecular weight is 426 g/mol. The maximum atomic E-state index is 12.6. The molecule has 1 aliphatic heterocycles. The highest BCUT2D eigenvalue weighted by Gasteiger charge is 2.20. The van der Waals surface area contributed by atoms with Gasteiger partial charge in [0.15, 0.2) is 11.5 Å². The van der Waals surface area contributed by atoms with Gasteiger partial charge in [-0.2, -0.15) is 0 Å². The molecule has 3 aromatic rings. The van der Waals surface area contributed by atoms with Crippen molar-refractivity contribution in [1.29, 1.82) is 0 Å². The fraction of sp³-hybridized carbons (Fsp3) is 0.435. The third-order valence-electron chi connectivity index (χ3n) is 5.88. The molecule has 0 spiro atoms. The lowest BCUT2D eigenvalue weighted by atomic mass is 10.00. The predicted octanol–water partition coefficient (Wildman–Crippen LogP) is 4.43. The Morgan fingerprint density at radius 2 is 2.13 bits per heavy atom. The average Bonchev–Trinajstić information content (AvgIpc) is 3.20. The Bertz CT molecular complexity index is 1020. The molecule has 158 valence electrons. The number of nitrogens with zero attached hydrogens (tertiary/aromatic N) is 4. The lowest BCUT2D eigenvalue weighted by Crippen LogP contribution is -2.40. The maximum Gasteiger partial charge on any atom is 0.251 e. The van der Waals surface area contributed by atoms with E-state index in [1.807, 2.05) is 34.9 Å². The fourth-order valence-corrected chi connectivity index (χ4v) is 4.45. The van der Waals surface area contributed by atoms with Gasteiger partial charge in [0.05, 0.1) is 0 Å². The van der Waals surface area contributed by atoms with Crippen LogP contribution in [-0.4, -0.2) is 51.1 Å². The Morgan fingerprint density at radius 1 is 1.23 bits per heavy atom. The van der Waals surface area contributed by atoms with Crippen molar-refractivity contribution >= 4 is 23.2 Å². The van der Waals surface area contributed by atoms with Gasteiger partial charge >= 0.3 is 0 Å². The molecule has 2 aromatic heterocycles. The molecule has 1 saturated heterocycles. The minimum Gasteiger partial charge on any atom is -0.352 e. The third kappa shape index (κ3) is 4.65. The lowest BCUT2D eigenvalue weighted by Gasteiger charge is -2.35. The highest BCUT2D eigenvalue weighted by molar-refractivity contribution is 6.30. The van der Waals surface area contributed by atoms with Crippen molar-refractivity contribution in [2.75, 3.05) is 19.6 Å². The van der Waals surface area contributed by atoms with Gasteiger partial charge in [-0.05, 0) is 56.5 Å². The first-order valence-electron chi connectivity index (χ1n) is 10.8.